The summed E-state index contributed by atoms with van der Waals surface area (Å²) in [6, 6.07) is 0. The van der Waals surface area contributed by atoms with Gasteiger partial charge < -0.3 is 4.74 Å². The first-order chi connectivity index (χ1) is 7.92. The summed E-state index contributed by atoms with van der Waals surface area (Å²) in [5, 5.41) is 0. The molecule has 0 amide bonds. The molecule has 0 spiro atoms. The van der Waals surface area contributed by atoms with Crippen LogP contribution < -0.4 is 0 Å². The van der Waals surface area contributed by atoms with Gasteiger partial charge in [0.15, 0.2) is 0 Å². The molecule has 0 N–H and O–H groups in total. The highest BCUT2D eigenvalue weighted by Gasteiger charge is 2.48. The zero-order valence-electron chi connectivity index (χ0n) is 10.7. The minimum atomic E-state index is -1.16. The number of carbonyl (C=O) groups is 3. The summed E-state index contributed by atoms with van der Waals surface area (Å²) in [7, 11) is 0. The Morgan fingerprint density at radius 3 is 2.59 bits per heavy atom. The molecule has 0 aliphatic heterocycles. The third-order valence-corrected chi connectivity index (χ3v) is 3.73. The van der Waals surface area contributed by atoms with E-state index in [1.54, 1.807) is 13.8 Å². The number of ketones is 2. The summed E-state index contributed by atoms with van der Waals surface area (Å²) in [5.74, 6) is -0.777. The van der Waals surface area contributed by atoms with Crippen molar-refractivity contribution in [1.82, 2.24) is 0 Å². The van der Waals surface area contributed by atoms with Gasteiger partial charge in [0.2, 0.25) is 0 Å². The van der Waals surface area contributed by atoms with Crippen molar-refractivity contribution in [1.29, 1.82) is 0 Å². The lowest BCUT2D eigenvalue weighted by Gasteiger charge is -2.35. The number of hydrogen-bond acceptors (Lipinski definition) is 4. The second kappa shape index (κ2) is 5.43. The van der Waals surface area contributed by atoms with Crippen LogP contribution in [-0.4, -0.2) is 24.1 Å². The lowest BCUT2D eigenvalue weighted by molar-refractivity contribution is -0.163. The molecule has 1 saturated carbocycles. The van der Waals surface area contributed by atoms with Gasteiger partial charge in [0.1, 0.15) is 17.0 Å². The second-order valence-electron chi connectivity index (χ2n) is 4.81. The van der Waals surface area contributed by atoms with E-state index in [1.165, 1.54) is 6.92 Å². The molecule has 0 aromatic carbocycles. The summed E-state index contributed by atoms with van der Waals surface area (Å²) in [6.07, 6.45) is 2.37. The molecule has 0 heterocycles. The maximum absolute atomic E-state index is 12.0. The Morgan fingerprint density at radius 1 is 1.47 bits per heavy atom. The molecule has 1 fully saturated rings. The maximum atomic E-state index is 12.0. The largest absolute Gasteiger partial charge is 0.465 e. The van der Waals surface area contributed by atoms with Crippen molar-refractivity contribution in [2.75, 3.05) is 6.61 Å². The van der Waals surface area contributed by atoms with Gasteiger partial charge in [-0.25, -0.2) is 0 Å². The van der Waals surface area contributed by atoms with Gasteiger partial charge in [-0.05, 0) is 39.5 Å². The van der Waals surface area contributed by atoms with Gasteiger partial charge in [-0.1, -0.05) is 0 Å². The maximum Gasteiger partial charge on any atom is 0.319 e. The van der Waals surface area contributed by atoms with E-state index < -0.39 is 11.4 Å². The molecule has 2 atom stereocenters. The first kappa shape index (κ1) is 13.9. The average molecular weight is 240 g/mol. The van der Waals surface area contributed by atoms with Gasteiger partial charge in [0.25, 0.3) is 0 Å². The highest BCUT2D eigenvalue weighted by atomic mass is 16.5. The van der Waals surface area contributed by atoms with Gasteiger partial charge in [-0.15, -0.1) is 0 Å². The minimum absolute atomic E-state index is 0.137. The predicted molar refractivity (Wildman–Crippen MR) is 62.4 cm³/mol. The van der Waals surface area contributed by atoms with Crippen LogP contribution in [0, 0.1) is 11.3 Å². The Bertz CT molecular complexity index is 334. The molecule has 2 unspecified atom stereocenters. The van der Waals surface area contributed by atoms with Crippen molar-refractivity contribution in [2.24, 2.45) is 11.3 Å². The van der Waals surface area contributed by atoms with Crippen LogP contribution in [0.2, 0.25) is 0 Å². The third kappa shape index (κ3) is 2.73. The van der Waals surface area contributed by atoms with Crippen molar-refractivity contribution in [3.63, 3.8) is 0 Å². The molecule has 0 saturated heterocycles. The van der Waals surface area contributed by atoms with Crippen molar-refractivity contribution in [3.05, 3.63) is 0 Å². The van der Waals surface area contributed by atoms with Gasteiger partial charge in [0, 0.05) is 12.8 Å². The van der Waals surface area contributed by atoms with E-state index in [0.29, 0.717) is 12.8 Å². The molecule has 0 aromatic heterocycles. The molecule has 0 bridgehead atoms. The van der Waals surface area contributed by atoms with Crippen molar-refractivity contribution in [3.8, 4) is 0 Å². The standard InChI is InChI=1S/C13H20O4/c1-4-17-12(16)13(3,9(2)14)10-6-5-7-11(15)8-10/h10H,4-8H2,1-3H3. The fraction of sp³-hybridized carbons (Fsp3) is 0.769. The lowest BCUT2D eigenvalue weighted by atomic mass is 9.67. The SMILES string of the molecule is CCOC(=O)C(C)(C(C)=O)C1CCCC(=O)C1. The molecule has 4 heteroatoms. The predicted octanol–water partition coefficient (Wildman–Crippen LogP) is 1.90. The molecule has 1 rings (SSSR count). The summed E-state index contributed by atoms with van der Waals surface area (Å²) in [5.41, 5.74) is -1.16. The summed E-state index contributed by atoms with van der Waals surface area (Å²) >= 11 is 0. The molecule has 96 valence electrons. The quantitative estimate of drug-likeness (QED) is 0.556. The fourth-order valence-corrected chi connectivity index (χ4v) is 2.40. The summed E-state index contributed by atoms with van der Waals surface area (Å²) in [4.78, 5) is 35.2. The molecule has 1 aliphatic carbocycles. The molecular weight excluding hydrogens is 220 g/mol. The number of rotatable bonds is 4. The van der Waals surface area contributed by atoms with Gasteiger partial charge in [-0.3, -0.25) is 14.4 Å². The van der Waals surface area contributed by atoms with E-state index in [-0.39, 0.29) is 24.1 Å². The molecule has 0 aromatic rings. The van der Waals surface area contributed by atoms with E-state index in [9.17, 15) is 14.4 Å². The molecule has 0 radical (unpaired) electrons. The van der Waals surface area contributed by atoms with Crippen LogP contribution in [0.4, 0.5) is 0 Å². The van der Waals surface area contributed by atoms with Crippen LogP contribution in [0.25, 0.3) is 0 Å². The summed E-state index contributed by atoms with van der Waals surface area (Å²) in [6.45, 7) is 4.97. The van der Waals surface area contributed by atoms with Crippen LogP contribution in [-0.2, 0) is 19.1 Å². The zero-order valence-corrected chi connectivity index (χ0v) is 10.7. The Balaban J connectivity index is 2.94. The van der Waals surface area contributed by atoms with Crippen LogP contribution in [0.15, 0.2) is 0 Å². The number of hydrogen-bond donors (Lipinski definition) is 0. The van der Waals surface area contributed by atoms with Gasteiger partial charge in [-0.2, -0.15) is 0 Å². The Labute approximate surface area is 102 Å². The van der Waals surface area contributed by atoms with Gasteiger partial charge >= 0.3 is 5.97 Å². The Kier molecular flexibility index (Phi) is 4.43. The smallest absolute Gasteiger partial charge is 0.319 e. The first-order valence-corrected chi connectivity index (χ1v) is 6.12. The average Bonchev–Trinajstić information content (AvgIpc) is 2.27. The van der Waals surface area contributed by atoms with Crippen molar-refractivity contribution in [2.45, 2.75) is 46.5 Å². The summed E-state index contributed by atoms with van der Waals surface area (Å²) < 4.78 is 4.99. The van der Waals surface area contributed by atoms with E-state index in [4.69, 9.17) is 4.74 Å². The van der Waals surface area contributed by atoms with Crippen molar-refractivity contribution >= 4 is 17.5 Å². The number of carbonyl (C=O) groups excluding carboxylic acids is 3. The van der Waals surface area contributed by atoms with E-state index in [0.717, 1.165) is 12.8 Å². The molecule has 4 nitrogen and oxygen atoms in total. The van der Waals surface area contributed by atoms with E-state index >= 15 is 0 Å². The van der Waals surface area contributed by atoms with Gasteiger partial charge in [0.05, 0.1) is 6.61 Å². The first-order valence-electron chi connectivity index (χ1n) is 6.12. The second-order valence-corrected chi connectivity index (χ2v) is 4.81. The number of esters is 1. The van der Waals surface area contributed by atoms with E-state index in [2.05, 4.69) is 0 Å². The monoisotopic (exact) mass is 240 g/mol. The topological polar surface area (TPSA) is 60.4 Å². The Morgan fingerprint density at radius 2 is 2.12 bits per heavy atom. The third-order valence-electron chi connectivity index (χ3n) is 3.73. The number of ether oxygens (including phenoxy) is 1. The highest BCUT2D eigenvalue weighted by molar-refractivity contribution is 6.03. The molecule has 17 heavy (non-hydrogen) atoms. The van der Waals surface area contributed by atoms with Crippen molar-refractivity contribution < 1.29 is 19.1 Å². The molecule has 1 aliphatic rings. The highest BCUT2D eigenvalue weighted by Crippen LogP contribution is 2.39. The van der Waals surface area contributed by atoms with Crippen LogP contribution in [0.1, 0.15) is 46.5 Å². The molecular formula is C13H20O4. The van der Waals surface area contributed by atoms with E-state index in [1.807, 2.05) is 0 Å². The van der Waals surface area contributed by atoms with Crippen LogP contribution >= 0.6 is 0 Å². The zero-order chi connectivity index (χ0) is 13.1. The van der Waals surface area contributed by atoms with Crippen LogP contribution in [0.5, 0.6) is 0 Å². The Hall–Kier alpha value is -1.19. The van der Waals surface area contributed by atoms with Crippen LogP contribution in [0.3, 0.4) is 0 Å². The normalized spacial score (nSPS) is 23.9. The number of Topliss-reactive ketones (excluding diaryl/α,β-unsaturated/α-hetero) is 2. The minimum Gasteiger partial charge on any atom is -0.465 e. The lowest BCUT2D eigenvalue weighted by Crippen LogP contribution is -2.45. The fourth-order valence-electron chi connectivity index (χ4n) is 2.40.